The minimum Gasteiger partial charge on any atom is -0.490 e. The molecule has 2 aliphatic heterocycles. The van der Waals surface area contributed by atoms with E-state index in [2.05, 4.69) is 11.4 Å². The molecule has 4 heteroatoms. The molecule has 1 unspecified atom stereocenters. The minimum atomic E-state index is -0.0965. The van der Waals surface area contributed by atoms with Crippen LogP contribution in [0.3, 0.4) is 0 Å². The second-order valence-electron chi connectivity index (χ2n) is 4.90. The van der Waals surface area contributed by atoms with Crippen molar-refractivity contribution in [1.29, 1.82) is 0 Å². The van der Waals surface area contributed by atoms with Crippen molar-refractivity contribution in [3.63, 3.8) is 0 Å². The third-order valence-corrected chi connectivity index (χ3v) is 3.56. The number of fused-ring (bicyclic) bond motifs is 2. The predicted molar refractivity (Wildman–Crippen MR) is 75.7 cm³/mol. The van der Waals surface area contributed by atoms with Crippen LogP contribution in [0, 0.1) is 0 Å². The Labute approximate surface area is 117 Å². The quantitative estimate of drug-likeness (QED) is 0.864. The van der Waals surface area contributed by atoms with E-state index >= 15 is 0 Å². The Hall–Kier alpha value is -2.36. The summed E-state index contributed by atoms with van der Waals surface area (Å²) in [6.45, 7) is 2.06. The van der Waals surface area contributed by atoms with Crippen molar-refractivity contribution in [1.82, 2.24) is 0 Å². The molecule has 4 nitrogen and oxygen atoms in total. The summed E-state index contributed by atoms with van der Waals surface area (Å²) in [6, 6.07) is 13.9. The van der Waals surface area contributed by atoms with Gasteiger partial charge < -0.3 is 19.5 Å². The van der Waals surface area contributed by atoms with E-state index in [1.54, 1.807) is 0 Å². The summed E-state index contributed by atoms with van der Waals surface area (Å²) in [6.07, 6.45) is -0.0965. The number of hydrogen-bond acceptors (Lipinski definition) is 4. The van der Waals surface area contributed by atoms with Crippen LogP contribution in [0.2, 0.25) is 0 Å². The number of nitrogens with one attached hydrogen (secondary N) is 1. The molecule has 102 valence electrons. The zero-order chi connectivity index (χ0) is 13.4. The van der Waals surface area contributed by atoms with Crippen molar-refractivity contribution < 1.29 is 14.2 Å². The van der Waals surface area contributed by atoms with E-state index in [1.165, 1.54) is 0 Å². The standard InChI is InChI=1S/C16H15NO3/c1-2-4-14-13(3-1)19-10-16(20-14)11-5-6-12-15(9-11)18-8-7-17-12/h1-6,9,16-17H,7-8,10H2. The van der Waals surface area contributed by atoms with Crippen LogP contribution in [0.1, 0.15) is 11.7 Å². The molecule has 0 fully saturated rings. The van der Waals surface area contributed by atoms with Crippen molar-refractivity contribution in [2.24, 2.45) is 0 Å². The lowest BCUT2D eigenvalue weighted by atomic mass is 10.1. The Morgan fingerprint density at radius 2 is 1.85 bits per heavy atom. The van der Waals surface area contributed by atoms with E-state index in [0.29, 0.717) is 13.2 Å². The van der Waals surface area contributed by atoms with E-state index in [0.717, 1.165) is 35.0 Å². The van der Waals surface area contributed by atoms with Crippen LogP contribution >= 0.6 is 0 Å². The number of ether oxygens (including phenoxy) is 3. The van der Waals surface area contributed by atoms with E-state index in [4.69, 9.17) is 14.2 Å². The number of benzene rings is 2. The topological polar surface area (TPSA) is 39.7 Å². The highest BCUT2D eigenvalue weighted by molar-refractivity contribution is 5.59. The number of hydrogen-bond donors (Lipinski definition) is 1. The zero-order valence-electron chi connectivity index (χ0n) is 11.0. The summed E-state index contributed by atoms with van der Waals surface area (Å²) in [4.78, 5) is 0. The van der Waals surface area contributed by atoms with Crippen LogP contribution in [0.5, 0.6) is 17.2 Å². The molecule has 0 aromatic heterocycles. The summed E-state index contributed by atoms with van der Waals surface area (Å²) in [7, 11) is 0. The van der Waals surface area contributed by atoms with Gasteiger partial charge in [-0.25, -0.2) is 0 Å². The molecule has 0 radical (unpaired) electrons. The first-order chi connectivity index (χ1) is 9.90. The van der Waals surface area contributed by atoms with Gasteiger partial charge in [0.25, 0.3) is 0 Å². The molecule has 2 aliphatic rings. The second-order valence-corrected chi connectivity index (χ2v) is 4.90. The van der Waals surface area contributed by atoms with Gasteiger partial charge >= 0.3 is 0 Å². The molecule has 1 atom stereocenters. The van der Waals surface area contributed by atoms with Crippen LogP contribution in [0.25, 0.3) is 0 Å². The molecule has 1 N–H and O–H groups in total. The molecule has 0 aliphatic carbocycles. The van der Waals surface area contributed by atoms with Gasteiger partial charge in [0.1, 0.15) is 19.0 Å². The maximum absolute atomic E-state index is 6.01. The van der Waals surface area contributed by atoms with Gasteiger partial charge in [0.15, 0.2) is 17.6 Å². The molecule has 20 heavy (non-hydrogen) atoms. The fourth-order valence-corrected chi connectivity index (χ4v) is 2.54. The van der Waals surface area contributed by atoms with Crippen molar-refractivity contribution in [2.45, 2.75) is 6.10 Å². The van der Waals surface area contributed by atoms with Gasteiger partial charge in [0.05, 0.1) is 5.69 Å². The molecule has 4 rings (SSSR count). The number of para-hydroxylation sites is 2. The largest absolute Gasteiger partial charge is 0.490 e. The normalized spacial score (nSPS) is 19.5. The Morgan fingerprint density at radius 1 is 0.950 bits per heavy atom. The Kier molecular flexibility index (Phi) is 2.66. The molecule has 0 saturated carbocycles. The number of rotatable bonds is 1. The summed E-state index contributed by atoms with van der Waals surface area (Å²) in [5.41, 5.74) is 2.11. The van der Waals surface area contributed by atoms with Crippen LogP contribution in [-0.4, -0.2) is 19.8 Å². The lowest BCUT2D eigenvalue weighted by molar-refractivity contribution is 0.0911. The summed E-state index contributed by atoms with van der Waals surface area (Å²) in [5.74, 6) is 2.48. The second kappa shape index (κ2) is 4.63. The fourth-order valence-electron chi connectivity index (χ4n) is 2.54. The van der Waals surface area contributed by atoms with E-state index in [-0.39, 0.29) is 6.10 Å². The lowest BCUT2D eigenvalue weighted by Gasteiger charge is -2.28. The van der Waals surface area contributed by atoms with E-state index < -0.39 is 0 Å². The SMILES string of the molecule is c1ccc2c(c1)OCC(c1ccc3c(c1)OCCN3)O2. The van der Waals surface area contributed by atoms with Gasteiger partial charge in [-0.2, -0.15) is 0 Å². The Bertz CT molecular complexity index is 641. The van der Waals surface area contributed by atoms with Gasteiger partial charge in [0.2, 0.25) is 0 Å². The molecule has 2 heterocycles. The molecule has 2 aromatic rings. The predicted octanol–water partition coefficient (Wildman–Crippen LogP) is 3.00. The summed E-state index contributed by atoms with van der Waals surface area (Å²) in [5, 5.41) is 3.31. The van der Waals surface area contributed by atoms with Gasteiger partial charge in [-0.15, -0.1) is 0 Å². The van der Waals surface area contributed by atoms with Gasteiger partial charge in [-0.1, -0.05) is 18.2 Å². The zero-order valence-corrected chi connectivity index (χ0v) is 11.0. The first-order valence-electron chi connectivity index (χ1n) is 6.79. The average Bonchev–Trinajstić information content (AvgIpc) is 2.54. The maximum atomic E-state index is 6.01. The molecule has 0 bridgehead atoms. The van der Waals surface area contributed by atoms with Crippen LogP contribution < -0.4 is 19.5 Å². The van der Waals surface area contributed by atoms with Crippen LogP contribution in [0.15, 0.2) is 42.5 Å². The molecule has 0 spiro atoms. The van der Waals surface area contributed by atoms with Crippen LogP contribution in [-0.2, 0) is 0 Å². The third kappa shape index (κ3) is 1.93. The Morgan fingerprint density at radius 3 is 2.80 bits per heavy atom. The van der Waals surface area contributed by atoms with Crippen molar-refractivity contribution in [3.05, 3.63) is 48.0 Å². The minimum absolute atomic E-state index is 0.0965. The molecule has 2 aromatic carbocycles. The van der Waals surface area contributed by atoms with Crippen molar-refractivity contribution >= 4 is 5.69 Å². The first-order valence-corrected chi connectivity index (χ1v) is 6.79. The molecule has 0 amide bonds. The highest BCUT2D eigenvalue weighted by atomic mass is 16.6. The van der Waals surface area contributed by atoms with Gasteiger partial charge in [-0.3, -0.25) is 0 Å². The summed E-state index contributed by atoms with van der Waals surface area (Å²) >= 11 is 0. The van der Waals surface area contributed by atoms with E-state index in [9.17, 15) is 0 Å². The van der Waals surface area contributed by atoms with E-state index in [1.807, 2.05) is 36.4 Å². The van der Waals surface area contributed by atoms with Crippen LogP contribution in [0.4, 0.5) is 5.69 Å². The van der Waals surface area contributed by atoms with Gasteiger partial charge in [-0.05, 0) is 29.8 Å². The smallest absolute Gasteiger partial charge is 0.162 e. The Balaban J connectivity index is 1.63. The summed E-state index contributed by atoms with van der Waals surface area (Å²) < 4.78 is 17.4. The van der Waals surface area contributed by atoms with Gasteiger partial charge in [0, 0.05) is 6.54 Å². The third-order valence-electron chi connectivity index (χ3n) is 3.56. The average molecular weight is 269 g/mol. The number of anilines is 1. The fraction of sp³-hybridized carbons (Fsp3) is 0.250. The highest BCUT2D eigenvalue weighted by Crippen LogP contribution is 2.38. The first kappa shape index (κ1) is 11.5. The highest BCUT2D eigenvalue weighted by Gasteiger charge is 2.23. The van der Waals surface area contributed by atoms with Crippen molar-refractivity contribution in [2.75, 3.05) is 25.1 Å². The maximum Gasteiger partial charge on any atom is 0.162 e. The van der Waals surface area contributed by atoms with Crippen molar-refractivity contribution in [3.8, 4) is 17.2 Å². The lowest BCUT2D eigenvalue weighted by Crippen LogP contribution is -2.22. The monoisotopic (exact) mass is 269 g/mol. The molecular weight excluding hydrogens is 254 g/mol. The molecular formula is C16H15NO3. The molecule has 0 saturated heterocycles.